The van der Waals surface area contributed by atoms with Gasteiger partial charge in [0.15, 0.2) is 0 Å². The van der Waals surface area contributed by atoms with Crippen LogP contribution in [0.25, 0.3) is 22.3 Å². The summed E-state index contributed by atoms with van der Waals surface area (Å²) in [6, 6.07) is 13.5. The molecule has 0 unspecified atom stereocenters. The number of hydrogen-bond donors (Lipinski definition) is 1. The van der Waals surface area contributed by atoms with Gasteiger partial charge >= 0.3 is 0 Å². The van der Waals surface area contributed by atoms with E-state index in [1.165, 1.54) is 0 Å². The van der Waals surface area contributed by atoms with Crippen molar-refractivity contribution in [2.45, 2.75) is 6.43 Å². The Hall–Kier alpha value is -2.76. The number of para-hydroxylation sites is 1. The highest BCUT2D eigenvalue weighted by molar-refractivity contribution is 5.79. The standard InChI is InChI=1S/C16H12F2N2O2/c17-14(18)9-22-11-7-5-10(6-8-11)15-19-13-4-2-1-3-12(13)16(21)20-15/h1-8,14H,9H2,(H,19,20,21). The van der Waals surface area contributed by atoms with E-state index in [0.29, 0.717) is 28.0 Å². The summed E-state index contributed by atoms with van der Waals surface area (Å²) in [6.07, 6.45) is -2.52. The maximum atomic E-state index is 12.1. The van der Waals surface area contributed by atoms with E-state index in [2.05, 4.69) is 9.97 Å². The molecule has 0 amide bonds. The van der Waals surface area contributed by atoms with Crippen LogP contribution < -0.4 is 10.3 Å². The van der Waals surface area contributed by atoms with Crippen molar-refractivity contribution in [1.82, 2.24) is 9.97 Å². The summed E-state index contributed by atoms with van der Waals surface area (Å²) in [4.78, 5) is 19.1. The van der Waals surface area contributed by atoms with E-state index in [1.54, 1.807) is 48.5 Å². The summed E-state index contributed by atoms with van der Waals surface area (Å²) in [5.74, 6) is 0.760. The lowest BCUT2D eigenvalue weighted by atomic mass is 10.2. The number of alkyl halides is 2. The van der Waals surface area contributed by atoms with E-state index < -0.39 is 13.0 Å². The third-order valence-electron chi connectivity index (χ3n) is 3.12. The number of aromatic amines is 1. The van der Waals surface area contributed by atoms with Gasteiger partial charge in [0.1, 0.15) is 18.2 Å². The van der Waals surface area contributed by atoms with Crippen molar-refractivity contribution in [3.8, 4) is 17.1 Å². The molecule has 3 rings (SSSR count). The number of nitrogens with zero attached hydrogens (tertiary/aromatic N) is 1. The number of hydrogen-bond acceptors (Lipinski definition) is 3. The average Bonchev–Trinajstić information content (AvgIpc) is 2.53. The first-order valence-corrected chi connectivity index (χ1v) is 6.64. The van der Waals surface area contributed by atoms with Crippen molar-refractivity contribution in [3.63, 3.8) is 0 Å². The Morgan fingerprint density at radius 2 is 1.82 bits per heavy atom. The lowest BCUT2D eigenvalue weighted by Gasteiger charge is -2.07. The summed E-state index contributed by atoms with van der Waals surface area (Å²) in [5.41, 5.74) is 1.05. The minimum atomic E-state index is -2.52. The second-order valence-electron chi connectivity index (χ2n) is 4.66. The van der Waals surface area contributed by atoms with E-state index in [1.807, 2.05) is 0 Å². The molecule has 0 spiro atoms. The van der Waals surface area contributed by atoms with Crippen molar-refractivity contribution in [1.29, 1.82) is 0 Å². The van der Waals surface area contributed by atoms with Crippen molar-refractivity contribution >= 4 is 10.9 Å². The molecule has 6 heteroatoms. The molecule has 4 nitrogen and oxygen atoms in total. The predicted octanol–water partition coefficient (Wildman–Crippen LogP) is 3.23. The van der Waals surface area contributed by atoms with Crippen LogP contribution in [-0.4, -0.2) is 23.0 Å². The molecule has 2 aromatic carbocycles. The van der Waals surface area contributed by atoms with Crippen LogP contribution in [0.5, 0.6) is 5.75 Å². The zero-order chi connectivity index (χ0) is 15.5. The van der Waals surface area contributed by atoms with Crippen LogP contribution in [0.15, 0.2) is 53.3 Å². The van der Waals surface area contributed by atoms with Gasteiger partial charge < -0.3 is 9.72 Å². The predicted molar refractivity (Wildman–Crippen MR) is 79.3 cm³/mol. The van der Waals surface area contributed by atoms with Crippen LogP contribution in [0.3, 0.4) is 0 Å². The maximum absolute atomic E-state index is 12.1. The molecule has 0 aliphatic rings. The molecular formula is C16H12F2N2O2. The number of nitrogens with one attached hydrogen (secondary N) is 1. The third-order valence-corrected chi connectivity index (χ3v) is 3.12. The van der Waals surface area contributed by atoms with Gasteiger partial charge in [-0.25, -0.2) is 13.8 Å². The molecular weight excluding hydrogens is 290 g/mol. The number of benzene rings is 2. The summed E-state index contributed by atoms with van der Waals surface area (Å²) in [5, 5.41) is 0.517. The maximum Gasteiger partial charge on any atom is 0.272 e. The molecule has 3 aromatic rings. The van der Waals surface area contributed by atoms with Crippen LogP contribution in [0.2, 0.25) is 0 Å². The first-order chi connectivity index (χ1) is 10.6. The lowest BCUT2D eigenvalue weighted by Crippen LogP contribution is -2.09. The van der Waals surface area contributed by atoms with Gasteiger partial charge in [-0.05, 0) is 36.4 Å². The quantitative estimate of drug-likeness (QED) is 0.805. The molecule has 1 heterocycles. The molecule has 0 aliphatic heterocycles. The van der Waals surface area contributed by atoms with Gasteiger partial charge in [-0.2, -0.15) is 0 Å². The van der Waals surface area contributed by atoms with E-state index >= 15 is 0 Å². The molecule has 1 N–H and O–H groups in total. The SMILES string of the molecule is O=c1[nH]c(-c2ccc(OCC(F)F)cc2)nc2ccccc12. The fourth-order valence-electron chi connectivity index (χ4n) is 2.09. The Labute approximate surface area is 124 Å². The molecule has 0 fully saturated rings. The zero-order valence-corrected chi connectivity index (χ0v) is 11.4. The van der Waals surface area contributed by atoms with E-state index in [9.17, 15) is 13.6 Å². The Morgan fingerprint density at radius 3 is 2.55 bits per heavy atom. The fraction of sp³-hybridized carbons (Fsp3) is 0.125. The highest BCUT2D eigenvalue weighted by Gasteiger charge is 2.07. The van der Waals surface area contributed by atoms with Gasteiger partial charge in [0.25, 0.3) is 12.0 Å². The molecule has 0 aliphatic carbocycles. The first kappa shape index (κ1) is 14.2. The molecule has 1 aromatic heterocycles. The zero-order valence-electron chi connectivity index (χ0n) is 11.4. The van der Waals surface area contributed by atoms with Crippen LogP contribution in [0.4, 0.5) is 8.78 Å². The van der Waals surface area contributed by atoms with Crippen LogP contribution in [-0.2, 0) is 0 Å². The number of ether oxygens (including phenoxy) is 1. The smallest absolute Gasteiger partial charge is 0.272 e. The van der Waals surface area contributed by atoms with Crippen LogP contribution in [0.1, 0.15) is 0 Å². The molecule has 0 bridgehead atoms. The van der Waals surface area contributed by atoms with Gasteiger partial charge in [-0.15, -0.1) is 0 Å². The van der Waals surface area contributed by atoms with Gasteiger partial charge in [0.05, 0.1) is 10.9 Å². The molecule has 0 radical (unpaired) electrons. The Balaban J connectivity index is 1.92. The Bertz CT molecular complexity index is 845. The second kappa shape index (κ2) is 5.93. The number of aromatic nitrogens is 2. The minimum absolute atomic E-state index is 0.223. The Morgan fingerprint density at radius 1 is 1.09 bits per heavy atom. The first-order valence-electron chi connectivity index (χ1n) is 6.64. The summed E-state index contributed by atoms with van der Waals surface area (Å²) < 4.78 is 29.1. The topological polar surface area (TPSA) is 55.0 Å². The highest BCUT2D eigenvalue weighted by Crippen LogP contribution is 2.20. The highest BCUT2D eigenvalue weighted by atomic mass is 19.3. The van der Waals surface area contributed by atoms with Crippen LogP contribution in [0, 0.1) is 0 Å². The van der Waals surface area contributed by atoms with E-state index in [4.69, 9.17) is 4.74 Å². The third kappa shape index (κ3) is 2.95. The Kier molecular flexibility index (Phi) is 3.82. The molecule has 22 heavy (non-hydrogen) atoms. The van der Waals surface area contributed by atoms with E-state index in [0.717, 1.165) is 0 Å². The van der Waals surface area contributed by atoms with Crippen molar-refractivity contribution in [3.05, 3.63) is 58.9 Å². The van der Waals surface area contributed by atoms with Gasteiger partial charge in [-0.1, -0.05) is 12.1 Å². The fourth-order valence-corrected chi connectivity index (χ4v) is 2.09. The molecule has 112 valence electrons. The lowest BCUT2D eigenvalue weighted by molar-refractivity contribution is 0.0819. The summed E-state index contributed by atoms with van der Waals surface area (Å²) >= 11 is 0. The number of H-pyrrole nitrogens is 1. The minimum Gasteiger partial charge on any atom is -0.488 e. The van der Waals surface area contributed by atoms with Gasteiger partial charge in [-0.3, -0.25) is 4.79 Å². The van der Waals surface area contributed by atoms with Crippen molar-refractivity contribution < 1.29 is 13.5 Å². The normalized spacial score (nSPS) is 11.0. The van der Waals surface area contributed by atoms with Gasteiger partial charge in [0.2, 0.25) is 0 Å². The largest absolute Gasteiger partial charge is 0.488 e. The summed E-state index contributed by atoms with van der Waals surface area (Å²) in [6.45, 7) is -0.648. The van der Waals surface area contributed by atoms with Crippen molar-refractivity contribution in [2.24, 2.45) is 0 Å². The number of fused-ring (bicyclic) bond motifs is 1. The van der Waals surface area contributed by atoms with Crippen LogP contribution >= 0.6 is 0 Å². The molecule has 0 atom stereocenters. The monoisotopic (exact) mass is 302 g/mol. The molecule has 0 saturated carbocycles. The van der Waals surface area contributed by atoms with E-state index in [-0.39, 0.29) is 5.56 Å². The summed E-state index contributed by atoms with van der Waals surface area (Å²) in [7, 11) is 0. The van der Waals surface area contributed by atoms with Gasteiger partial charge in [0, 0.05) is 5.56 Å². The van der Waals surface area contributed by atoms with Crippen molar-refractivity contribution in [2.75, 3.05) is 6.61 Å². The molecule has 0 saturated heterocycles. The average molecular weight is 302 g/mol. The second-order valence-corrected chi connectivity index (χ2v) is 4.66. The number of rotatable bonds is 4. The number of halogens is 2.